The van der Waals surface area contributed by atoms with Gasteiger partial charge in [0.15, 0.2) is 0 Å². The van der Waals surface area contributed by atoms with Crippen molar-refractivity contribution in [1.29, 1.82) is 0 Å². The van der Waals surface area contributed by atoms with Crippen molar-refractivity contribution >= 4 is 17.5 Å². The van der Waals surface area contributed by atoms with E-state index in [2.05, 4.69) is 0 Å². The molecule has 29 heavy (non-hydrogen) atoms. The average Bonchev–Trinajstić information content (AvgIpc) is 2.72. The van der Waals surface area contributed by atoms with Gasteiger partial charge in [-0.3, -0.25) is 4.79 Å². The first-order valence-corrected chi connectivity index (χ1v) is 9.25. The number of amides is 1. The maximum atomic E-state index is 14.1. The molecular weight excluding hydrogens is 397 g/mol. The highest BCUT2D eigenvalue weighted by Gasteiger charge is 2.25. The molecule has 1 amide bonds. The third-order valence-corrected chi connectivity index (χ3v) is 4.72. The molecule has 5 nitrogen and oxygen atoms in total. The number of hydrogen-bond donors (Lipinski definition) is 1. The lowest BCUT2D eigenvalue weighted by atomic mass is 10.1. The summed E-state index contributed by atoms with van der Waals surface area (Å²) in [5, 5.41) is 0.362. The fourth-order valence-electron chi connectivity index (χ4n) is 3.13. The van der Waals surface area contributed by atoms with Crippen LogP contribution in [0.3, 0.4) is 0 Å². The van der Waals surface area contributed by atoms with E-state index < -0.39 is 18.0 Å². The van der Waals surface area contributed by atoms with E-state index in [-0.39, 0.29) is 24.5 Å². The number of hydrogen-bond acceptors (Lipinski definition) is 4. The van der Waals surface area contributed by atoms with E-state index >= 15 is 0 Å². The summed E-state index contributed by atoms with van der Waals surface area (Å²) in [4.78, 5) is 11.7. The summed E-state index contributed by atoms with van der Waals surface area (Å²) >= 11 is 5.92. The molecule has 4 rings (SSSR count). The Balaban J connectivity index is 1.61. The fourth-order valence-corrected chi connectivity index (χ4v) is 3.31. The Morgan fingerprint density at radius 2 is 1.97 bits per heavy atom. The van der Waals surface area contributed by atoms with E-state index in [0.717, 1.165) is 5.56 Å². The van der Waals surface area contributed by atoms with E-state index in [1.54, 1.807) is 12.1 Å². The number of carbonyl (C=O) groups is 1. The van der Waals surface area contributed by atoms with Crippen LogP contribution < -0.4 is 15.2 Å². The van der Waals surface area contributed by atoms with Crippen molar-refractivity contribution in [2.45, 2.75) is 19.5 Å². The van der Waals surface area contributed by atoms with E-state index in [1.807, 2.05) is 30.3 Å². The lowest BCUT2D eigenvalue weighted by Crippen LogP contribution is -2.20. The first-order valence-electron chi connectivity index (χ1n) is 8.88. The van der Waals surface area contributed by atoms with Crippen LogP contribution in [0, 0.1) is 5.82 Å². The fraction of sp³-hybridized carbons (Fsp3) is 0.136. The zero-order valence-corrected chi connectivity index (χ0v) is 16.0. The number of fused-ring (bicyclic) bond motifs is 1. The molecular formula is C22H17ClFNO4. The second kappa shape index (κ2) is 8.11. The van der Waals surface area contributed by atoms with Crippen LogP contribution >= 0.6 is 11.6 Å². The Kier molecular flexibility index (Phi) is 5.38. The van der Waals surface area contributed by atoms with Crippen molar-refractivity contribution in [3.63, 3.8) is 0 Å². The standard InChI is InChI=1S/C22H17ClFNO4/c23-16-6-7-19(18(10-16)21(25)26)27-11-14-8-17(24)9-15-12-28-22(29-20(14)15)13-4-2-1-3-5-13/h1-10,22H,11-12H2,(H2,25,26). The van der Waals surface area contributed by atoms with Crippen LogP contribution in [0.5, 0.6) is 11.5 Å². The van der Waals surface area contributed by atoms with Crippen molar-refractivity contribution in [1.82, 2.24) is 0 Å². The maximum Gasteiger partial charge on any atom is 0.252 e. The third-order valence-electron chi connectivity index (χ3n) is 4.48. The Bertz CT molecular complexity index is 1060. The number of halogens is 2. The summed E-state index contributed by atoms with van der Waals surface area (Å²) in [7, 11) is 0. The molecule has 0 fully saturated rings. The SMILES string of the molecule is NC(=O)c1cc(Cl)ccc1OCc1cc(F)cc2c1OC(c1ccccc1)OC2. The van der Waals surface area contributed by atoms with Crippen molar-refractivity contribution in [2.24, 2.45) is 5.73 Å². The highest BCUT2D eigenvalue weighted by molar-refractivity contribution is 6.31. The largest absolute Gasteiger partial charge is 0.488 e. The minimum atomic E-state index is -0.669. The van der Waals surface area contributed by atoms with Crippen LogP contribution in [-0.4, -0.2) is 5.91 Å². The highest BCUT2D eigenvalue weighted by Crippen LogP contribution is 2.37. The molecule has 1 heterocycles. The Hall–Kier alpha value is -3.09. The molecule has 0 saturated carbocycles. The molecule has 7 heteroatoms. The summed E-state index contributed by atoms with van der Waals surface area (Å²) in [5.74, 6) is -0.343. The summed E-state index contributed by atoms with van der Waals surface area (Å²) in [6.45, 7) is 0.177. The molecule has 148 valence electrons. The molecule has 3 aromatic rings. The topological polar surface area (TPSA) is 70.8 Å². The van der Waals surface area contributed by atoms with Gasteiger partial charge in [-0.15, -0.1) is 0 Å². The molecule has 0 saturated heterocycles. The van der Waals surface area contributed by atoms with Crippen LogP contribution in [0.2, 0.25) is 5.02 Å². The summed E-state index contributed by atoms with van der Waals surface area (Å²) in [5.41, 5.74) is 7.47. The lowest BCUT2D eigenvalue weighted by Gasteiger charge is -2.28. The van der Waals surface area contributed by atoms with E-state index in [9.17, 15) is 9.18 Å². The number of rotatable bonds is 5. The number of carbonyl (C=O) groups excluding carboxylic acids is 1. The van der Waals surface area contributed by atoms with Crippen LogP contribution in [0.25, 0.3) is 0 Å². The molecule has 1 aliphatic heterocycles. The normalized spacial score (nSPS) is 15.3. The third kappa shape index (κ3) is 4.18. The number of primary amides is 1. The first-order chi connectivity index (χ1) is 14.0. The van der Waals surface area contributed by atoms with E-state index in [4.69, 9.17) is 31.5 Å². The van der Waals surface area contributed by atoms with Crippen LogP contribution in [0.1, 0.15) is 33.3 Å². The van der Waals surface area contributed by atoms with Gasteiger partial charge in [0.05, 0.1) is 12.2 Å². The predicted octanol–water partition coefficient (Wildman–Crippen LogP) is 4.76. The lowest BCUT2D eigenvalue weighted by molar-refractivity contribution is -0.112. The maximum absolute atomic E-state index is 14.1. The molecule has 0 aliphatic carbocycles. The first kappa shape index (κ1) is 19.2. The molecule has 1 unspecified atom stereocenters. The molecule has 0 radical (unpaired) electrons. The summed E-state index contributed by atoms with van der Waals surface area (Å²) < 4.78 is 31.6. The van der Waals surface area contributed by atoms with Gasteiger partial charge in [-0.05, 0) is 30.3 Å². The Morgan fingerprint density at radius 1 is 1.17 bits per heavy atom. The molecule has 0 spiro atoms. The van der Waals surface area contributed by atoms with Gasteiger partial charge >= 0.3 is 0 Å². The van der Waals surface area contributed by atoms with Gasteiger partial charge in [0.2, 0.25) is 6.29 Å². The number of nitrogens with two attached hydrogens (primary N) is 1. The van der Waals surface area contributed by atoms with Gasteiger partial charge in [0, 0.05) is 21.7 Å². The second-order valence-electron chi connectivity index (χ2n) is 6.52. The van der Waals surface area contributed by atoms with Crippen molar-refractivity contribution in [3.05, 3.63) is 93.8 Å². The van der Waals surface area contributed by atoms with Gasteiger partial charge in [-0.1, -0.05) is 41.9 Å². The number of benzene rings is 3. The zero-order chi connectivity index (χ0) is 20.4. The van der Waals surface area contributed by atoms with Gasteiger partial charge in [0.1, 0.15) is 23.9 Å². The minimum Gasteiger partial charge on any atom is -0.488 e. The molecule has 0 aromatic heterocycles. The highest BCUT2D eigenvalue weighted by atomic mass is 35.5. The zero-order valence-electron chi connectivity index (χ0n) is 15.2. The second-order valence-corrected chi connectivity index (χ2v) is 6.95. The van der Waals surface area contributed by atoms with Crippen molar-refractivity contribution in [2.75, 3.05) is 0 Å². The van der Waals surface area contributed by atoms with Gasteiger partial charge < -0.3 is 19.9 Å². The van der Waals surface area contributed by atoms with Gasteiger partial charge in [-0.25, -0.2) is 4.39 Å². The number of ether oxygens (including phenoxy) is 3. The van der Waals surface area contributed by atoms with Crippen molar-refractivity contribution < 1.29 is 23.4 Å². The van der Waals surface area contributed by atoms with Gasteiger partial charge in [-0.2, -0.15) is 0 Å². The van der Waals surface area contributed by atoms with Crippen LogP contribution in [-0.2, 0) is 18.0 Å². The molecule has 3 aromatic carbocycles. The van der Waals surface area contributed by atoms with E-state index in [1.165, 1.54) is 18.2 Å². The molecule has 2 N–H and O–H groups in total. The van der Waals surface area contributed by atoms with E-state index in [0.29, 0.717) is 21.9 Å². The Morgan fingerprint density at radius 3 is 2.72 bits per heavy atom. The molecule has 0 bridgehead atoms. The Labute approximate surface area is 171 Å². The summed E-state index contributed by atoms with van der Waals surface area (Å²) in [6.07, 6.45) is -0.607. The quantitative estimate of drug-likeness (QED) is 0.654. The minimum absolute atomic E-state index is 0.0243. The van der Waals surface area contributed by atoms with Crippen LogP contribution in [0.4, 0.5) is 4.39 Å². The van der Waals surface area contributed by atoms with Crippen LogP contribution in [0.15, 0.2) is 60.7 Å². The van der Waals surface area contributed by atoms with Gasteiger partial charge in [0.25, 0.3) is 5.91 Å². The average molecular weight is 414 g/mol. The predicted molar refractivity (Wildman–Crippen MR) is 105 cm³/mol. The molecule has 1 atom stereocenters. The monoisotopic (exact) mass is 413 g/mol. The van der Waals surface area contributed by atoms with Crippen molar-refractivity contribution in [3.8, 4) is 11.5 Å². The summed E-state index contributed by atoms with van der Waals surface area (Å²) in [6, 6.07) is 16.7. The smallest absolute Gasteiger partial charge is 0.252 e. The molecule has 1 aliphatic rings.